The average Bonchev–Trinajstić information content (AvgIpc) is 3.73. The van der Waals surface area contributed by atoms with E-state index < -0.39 is 71.9 Å². The highest BCUT2D eigenvalue weighted by Crippen LogP contribution is 2.28. The van der Waals surface area contributed by atoms with Crippen molar-refractivity contribution in [3.05, 3.63) is 52.1 Å². The van der Waals surface area contributed by atoms with Gasteiger partial charge in [-0.25, -0.2) is 14.8 Å². The number of carbonyl (C=O) groups is 8. The third-order valence-electron chi connectivity index (χ3n) is 10.4. The number of fused-ring (bicyclic) bond motifs is 1. The third-order valence-corrected chi connectivity index (χ3v) is 12.9. The number of H-pyrrole nitrogens is 1. The average molecular weight is 1010 g/mol. The first kappa shape index (κ1) is 55.3. The summed E-state index contributed by atoms with van der Waals surface area (Å²) < 4.78 is 51.7. The van der Waals surface area contributed by atoms with Crippen LogP contribution in [0.4, 0.5) is 24.8 Å². The largest absolute Gasteiger partial charge is 0.471 e. The second kappa shape index (κ2) is 26.4. The van der Waals surface area contributed by atoms with Crippen LogP contribution < -0.4 is 31.7 Å². The van der Waals surface area contributed by atoms with Gasteiger partial charge in [0.25, 0.3) is 11.5 Å². The summed E-state index contributed by atoms with van der Waals surface area (Å²) in [6, 6.07) is 3.06. The van der Waals surface area contributed by atoms with Crippen molar-refractivity contribution in [1.29, 1.82) is 0 Å². The summed E-state index contributed by atoms with van der Waals surface area (Å²) in [5.74, 6) is -5.02. The number of anilines is 2. The minimum Gasteiger partial charge on any atom is -0.467 e. The van der Waals surface area contributed by atoms with Gasteiger partial charge in [-0.2, -0.15) is 18.2 Å². The summed E-state index contributed by atoms with van der Waals surface area (Å²) in [5.41, 5.74) is -2.08. The first-order chi connectivity index (χ1) is 32.7. The summed E-state index contributed by atoms with van der Waals surface area (Å²) >= 11 is 0. The van der Waals surface area contributed by atoms with Crippen molar-refractivity contribution in [1.82, 2.24) is 40.8 Å². The summed E-state index contributed by atoms with van der Waals surface area (Å²) in [7, 11) is 5.62. The molecule has 1 aromatic carbocycles. The van der Waals surface area contributed by atoms with Crippen LogP contribution in [0, 0.1) is 5.92 Å². The smallest absolute Gasteiger partial charge is 0.467 e. The van der Waals surface area contributed by atoms with Crippen molar-refractivity contribution in [2.24, 2.45) is 5.92 Å². The van der Waals surface area contributed by atoms with Crippen LogP contribution in [0.15, 0.2) is 35.3 Å². The molecule has 1 aliphatic heterocycles. The van der Waals surface area contributed by atoms with Gasteiger partial charge in [-0.05, 0) is 43.5 Å². The van der Waals surface area contributed by atoms with Crippen molar-refractivity contribution in [3.8, 4) is 0 Å². The number of aromatic nitrogens is 4. The Kier molecular flexibility index (Phi) is 21.2. The van der Waals surface area contributed by atoms with E-state index in [0.29, 0.717) is 48.8 Å². The van der Waals surface area contributed by atoms with Gasteiger partial charge in [-0.15, -0.1) is 0 Å². The van der Waals surface area contributed by atoms with Crippen LogP contribution in [0.3, 0.4) is 0 Å². The van der Waals surface area contributed by atoms with E-state index >= 15 is 0 Å². The standard InChI is InChI=1S/C43H55F3N10O11S2/c1-6-27-20-29(67-34(60)16-15-31(57)47-4)23-55(27)33(59)8-7-18-68-69-19-17-48-32(58)14-13-30(40(64)66-5)51-38(62)25-9-11-28(12-10-25)56(41(65)43(44,45)46)22-26-21-49-36-35(50-26)39(63)54-42(52-36)53-37(61)24(2)3/h9-12,21,24,27,29-30H,6-8,13-20,22-23H2,1-5H3,(H,47,57)(H,48,58)(H,51,62)(H2,49,52,53,54,61,63)/t27-,29-,30+/m1/s1. The molecule has 1 fully saturated rings. The van der Waals surface area contributed by atoms with E-state index in [0.717, 1.165) is 44.0 Å². The number of benzene rings is 1. The lowest BCUT2D eigenvalue weighted by Crippen LogP contribution is -2.42. The Morgan fingerprint density at radius 2 is 1.68 bits per heavy atom. The number of carbonyl (C=O) groups excluding carboxylic acids is 8. The van der Waals surface area contributed by atoms with E-state index in [1.54, 1.807) is 18.7 Å². The molecule has 1 saturated heterocycles. The molecule has 4 rings (SSSR count). The number of nitrogens with zero attached hydrogens (tertiary/aromatic N) is 5. The minimum absolute atomic E-state index is 0.0243. The van der Waals surface area contributed by atoms with Gasteiger partial charge in [0.1, 0.15) is 12.1 Å². The number of hydrogen-bond acceptors (Lipinski definition) is 16. The molecule has 0 spiro atoms. The van der Waals surface area contributed by atoms with E-state index in [9.17, 15) is 56.3 Å². The fourth-order valence-electron chi connectivity index (χ4n) is 6.75. The highest BCUT2D eigenvalue weighted by atomic mass is 33.1. The lowest BCUT2D eigenvalue weighted by Gasteiger charge is -2.24. The van der Waals surface area contributed by atoms with Crippen molar-refractivity contribution in [2.45, 2.75) is 103 Å². The Morgan fingerprint density at radius 1 is 0.971 bits per heavy atom. The summed E-state index contributed by atoms with van der Waals surface area (Å²) in [5, 5.41) is 10.1. The van der Waals surface area contributed by atoms with Crippen LogP contribution in [0.2, 0.25) is 0 Å². The molecule has 5 N–H and O–H groups in total. The monoisotopic (exact) mass is 1010 g/mol. The number of nitrogens with one attached hydrogen (secondary N) is 5. The lowest BCUT2D eigenvalue weighted by molar-refractivity contribution is -0.170. The van der Waals surface area contributed by atoms with Crippen molar-refractivity contribution in [2.75, 3.05) is 49.0 Å². The van der Waals surface area contributed by atoms with Crippen LogP contribution in [-0.2, 0) is 49.6 Å². The zero-order chi connectivity index (χ0) is 50.8. The lowest BCUT2D eigenvalue weighted by atomic mass is 10.1. The Hall–Kier alpha value is -6.31. The highest BCUT2D eigenvalue weighted by Gasteiger charge is 2.43. The first-order valence-corrected chi connectivity index (χ1v) is 24.4. The molecule has 0 bridgehead atoms. The normalized spacial score (nSPS) is 15.0. The van der Waals surface area contributed by atoms with Gasteiger partial charge >= 0.3 is 24.0 Å². The van der Waals surface area contributed by atoms with E-state index in [1.807, 2.05) is 6.92 Å². The van der Waals surface area contributed by atoms with Gasteiger partial charge < -0.3 is 30.3 Å². The summed E-state index contributed by atoms with van der Waals surface area (Å²) in [6.07, 6.45) is -2.87. The number of ether oxygens (including phenoxy) is 2. The van der Waals surface area contributed by atoms with Crippen LogP contribution in [-0.4, -0.2) is 135 Å². The number of hydrogen-bond donors (Lipinski definition) is 5. The molecule has 3 atom stereocenters. The second-order valence-electron chi connectivity index (χ2n) is 15.8. The Morgan fingerprint density at radius 3 is 2.33 bits per heavy atom. The number of methoxy groups -OCH3 is 1. The number of esters is 2. The van der Waals surface area contributed by atoms with Gasteiger partial charge in [0.15, 0.2) is 11.2 Å². The summed E-state index contributed by atoms with van der Waals surface area (Å²) in [4.78, 5) is 129. The number of halogens is 3. The van der Waals surface area contributed by atoms with Crippen molar-refractivity contribution >= 4 is 91.8 Å². The van der Waals surface area contributed by atoms with E-state index in [4.69, 9.17) is 9.47 Å². The molecule has 1 aliphatic rings. The van der Waals surface area contributed by atoms with Crippen LogP contribution in [0.1, 0.15) is 88.2 Å². The molecular formula is C43H55F3N10O11S2. The highest BCUT2D eigenvalue weighted by molar-refractivity contribution is 8.76. The van der Waals surface area contributed by atoms with Gasteiger partial charge in [-0.3, -0.25) is 53.6 Å². The maximum absolute atomic E-state index is 13.8. The van der Waals surface area contributed by atoms with Gasteiger partial charge in [0.05, 0.1) is 38.5 Å². The Bertz CT molecular complexity index is 2390. The number of rotatable bonds is 24. The molecule has 2 aromatic heterocycles. The van der Waals surface area contributed by atoms with Crippen LogP contribution in [0.5, 0.6) is 0 Å². The fraction of sp³-hybridized carbons (Fsp3) is 0.535. The minimum atomic E-state index is -5.34. The molecule has 3 heterocycles. The molecule has 0 radical (unpaired) electrons. The third kappa shape index (κ3) is 17.0. The Labute approximate surface area is 402 Å². The molecule has 3 aromatic rings. The van der Waals surface area contributed by atoms with E-state index in [2.05, 4.69) is 41.2 Å². The molecular weight excluding hydrogens is 954 g/mol. The second-order valence-corrected chi connectivity index (χ2v) is 18.5. The zero-order valence-corrected chi connectivity index (χ0v) is 40.2. The molecule has 0 aliphatic carbocycles. The summed E-state index contributed by atoms with van der Waals surface area (Å²) in [6.45, 7) is 5.00. The predicted octanol–water partition coefficient (Wildman–Crippen LogP) is 3.18. The van der Waals surface area contributed by atoms with Crippen LogP contribution >= 0.6 is 21.6 Å². The molecule has 6 amide bonds. The fourth-order valence-corrected chi connectivity index (χ4v) is 8.74. The number of aromatic amines is 1. The molecule has 26 heteroatoms. The van der Waals surface area contributed by atoms with Gasteiger partial charge in [0.2, 0.25) is 29.6 Å². The number of likely N-dealkylation sites (tertiary alicyclic amines) is 1. The maximum Gasteiger partial charge on any atom is 0.471 e. The molecule has 69 heavy (non-hydrogen) atoms. The maximum atomic E-state index is 13.8. The predicted molar refractivity (Wildman–Crippen MR) is 248 cm³/mol. The van der Waals surface area contributed by atoms with Crippen LogP contribution in [0.25, 0.3) is 11.2 Å². The SMILES string of the molecule is CC[C@@H]1C[C@@H](OC(=O)CCC(=O)NC)CN1C(=O)CCCSSCCNC(=O)CC[C@H](NC(=O)c1ccc(N(Cc2cnc3nc(NC(=O)C(C)C)[nH]c(=O)c3n2)C(=O)C(F)(F)F)cc1)C(=O)OC. The van der Waals surface area contributed by atoms with E-state index in [1.165, 1.54) is 28.6 Å². The molecule has 0 unspecified atom stereocenters. The molecule has 21 nitrogen and oxygen atoms in total. The topological polar surface area (TPSA) is 281 Å². The Balaban J connectivity index is 1.22. The van der Waals surface area contributed by atoms with Crippen molar-refractivity contribution in [3.63, 3.8) is 0 Å². The van der Waals surface area contributed by atoms with Gasteiger partial charge in [0, 0.05) is 74.0 Å². The zero-order valence-electron chi connectivity index (χ0n) is 38.6. The van der Waals surface area contributed by atoms with Crippen molar-refractivity contribution < 1.29 is 61.0 Å². The van der Waals surface area contributed by atoms with Gasteiger partial charge in [-0.1, -0.05) is 42.4 Å². The number of alkyl halides is 3. The molecule has 376 valence electrons. The quantitative estimate of drug-likeness (QED) is 0.0490. The van der Waals surface area contributed by atoms with E-state index in [-0.39, 0.29) is 77.6 Å². The number of amides is 6. The molecule has 0 saturated carbocycles. The first-order valence-electron chi connectivity index (χ1n) is 21.9.